The molecule has 4 heteroatoms. The number of thiophene rings is 2. The van der Waals surface area contributed by atoms with Crippen LogP contribution >= 0.6 is 38.6 Å². The maximum absolute atomic E-state index is 3.51. The van der Waals surface area contributed by atoms with Gasteiger partial charge in [0.2, 0.25) is 0 Å². The van der Waals surface area contributed by atoms with Crippen LogP contribution in [0.3, 0.4) is 0 Å². The Labute approximate surface area is 134 Å². The molecular weight excluding hydrogens is 350 g/mol. The molecule has 0 saturated carbocycles. The number of anilines is 1. The lowest BCUT2D eigenvalue weighted by atomic mass is 10.2. The van der Waals surface area contributed by atoms with Gasteiger partial charge in [0, 0.05) is 33.0 Å². The first-order valence-electron chi connectivity index (χ1n) is 6.45. The zero-order valence-corrected chi connectivity index (χ0v) is 13.9. The molecule has 3 heterocycles. The molecule has 20 heavy (non-hydrogen) atoms. The van der Waals surface area contributed by atoms with Gasteiger partial charge < -0.3 is 4.90 Å². The summed E-state index contributed by atoms with van der Waals surface area (Å²) >= 11 is 7.23. The van der Waals surface area contributed by atoms with Crippen molar-refractivity contribution < 1.29 is 0 Å². The number of hydrogen-bond donors (Lipinski definition) is 0. The fourth-order valence-corrected chi connectivity index (χ4v) is 4.95. The lowest BCUT2D eigenvalue weighted by molar-refractivity contribution is 0.814. The van der Waals surface area contributed by atoms with Gasteiger partial charge >= 0.3 is 0 Å². The zero-order valence-electron chi connectivity index (χ0n) is 10.7. The van der Waals surface area contributed by atoms with Crippen molar-refractivity contribution in [1.82, 2.24) is 0 Å². The summed E-state index contributed by atoms with van der Waals surface area (Å²) in [6, 6.07) is 13.1. The molecule has 0 N–H and O–H groups in total. The summed E-state index contributed by atoms with van der Waals surface area (Å²) in [5, 5.41) is 4.42. The number of benzene rings is 1. The fourth-order valence-electron chi connectivity index (χ4n) is 2.62. The molecule has 0 radical (unpaired) electrons. The molecule has 2 aromatic heterocycles. The highest BCUT2D eigenvalue weighted by Gasteiger charge is 2.21. The highest BCUT2D eigenvalue weighted by molar-refractivity contribution is 9.10. The Morgan fingerprint density at radius 2 is 1.35 bits per heavy atom. The molecule has 3 aromatic rings. The van der Waals surface area contributed by atoms with Crippen LogP contribution in [0.5, 0.6) is 0 Å². The Kier molecular flexibility index (Phi) is 3.17. The van der Waals surface area contributed by atoms with Gasteiger partial charge in [0.05, 0.1) is 0 Å². The lowest BCUT2D eigenvalue weighted by Crippen LogP contribution is -2.20. The van der Waals surface area contributed by atoms with Crippen molar-refractivity contribution in [2.45, 2.75) is 13.1 Å². The van der Waals surface area contributed by atoms with Crippen LogP contribution in [-0.4, -0.2) is 0 Å². The van der Waals surface area contributed by atoms with E-state index in [1.165, 1.54) is 26.6 Å². The van der Waals surface area contributed by atoms with Crippen molar-refractivity contribution in [3.63, 3.8) is 0 Å². The van der Waals surface area contributed by atoms with E-state index < -0.39 is 0 Å². The largest absolute Gasteiger partial charge is 0.363 e. The smallest absolute Gasteiger partial charge is 0.0495 e. The van der Waals surface area contributed by atoms with E-state index in [0.29, 0.717) is 0 Å². The van der Waals surface area contributed by atoms with Gasteiger partial charge in [0.25, 0.3) is 0 Å². The number of hydrogen-bond acceptors (Lipinski definition) is 3. The standard InChI is InChI=1S/C16H12BrNS2/c17-13-1-3-14(4-2-13)18-9-11-5-7-19-15(11)16-12(10-18)6-8-20-16/h1-8H,9-10H2. The predicted molar refractivity (Wildman–Crippen MR) is 91.7 cm³/mol. The van der Waals surface area contributed by atoms with Gasteiger partial charge in [0.1, 0.15) is 0 Å². The summed E-state index contributed by atoms with van der Waals surface area (Å²) in [4.78, 5) is 5.36. The zero-order chi connectivity index (χ0) is 13.5. The van der Waals surface area contributed by atoms with E-state index >= 15 is 0 Å². The quantitative estimate of drug-likeness (QED) is 0.532. The molecule has 0 spiro atoms. The predicted octanol–water partition coefficient (Wildman–Crippen LogP) is 5.76. The van der Waals surface area contributed by atoms with Crippen molar-refractivity contribution in [3.05, 3.63) is 62.8 Å². The number of nitrogens with zero attached hydrogens (tertiary/aromatic N) is 1. The van der Waals surface area contributed by atoms with Crippen molar-refractivity contribution in [2.75, 3.05) is 4.90 Å². The maximum atomic E-state index is 3.51. The third-order valence-corrected chi connectivity index (χ3v) is 6.22. The molecule has 4 rings (SSSR count). The maximum Gasteiger partial charge on any atom is 0.0495 e. The Balaban J connectivity index is 1.80. The second-order valence-corrected chi connectivity index (χ2v) is 7.63. The summed E-state index contributed by atoms with van der Waals surface area (Å²) in [6.07, 6.45) is 0. The van der Waals surface area contributed by atoms with Crippen LogP contribution in [0.4, 0.5) is 5.69 Å². The highest BCUT2D eigenvalue weighted by Crippen LogP contribution is 2.41. The number of halogens is 1. The third kappa shape index (κ3) is 2.12. The molecule has 0 fully saturated rings. The minimum Gasteiger partial charge on any atom is -0.363 e. The average molecular weight is 362 g/mol. The van der Waals surface area contributed by atoms with Crippen molar-refractivity contribution in [1.29, 1.82) is 0 Å². The van der Waals surface area contributed by atoms with Gasteiger partial charge in [-0.1, -0.05) is 15.9 Å². The van der Waals surface area contributed by atoms with Gasteiger partial charge in [0.15, 0.2) is 0 Å². The first kappa shape index (κ1) is 12.6. The minimum absolute atomic E-state index is 0.988. The van der Waals surface area contributed by atoms with Crippen LogP contribution in [-0.2, 0) is 13.1 Å². The fraction of sp³-hybridized carbons (Fsp3) is 0.125. The molecule has 0 aliphatic carbocycles. The van der Waals surface area contributed by atoms with Gasteiger partial charge in [-0.15, -0.1) is 22.7 Å². The average Bonchev–Trinajstić information content (AvgIpc) is 3.06. The van der Waals surface area contributed by atoms with Crippen LogP contribution in [0, 0.1) is 0 Å². The Hall–Kier alpha value is -1.10. The second kappa shape index (κ2) is 5.02. The molecular formula is C16H12BrNS2. The van der Waals surface area contributed by atoms with Crippen LogP contribution < -0.4 is 4.90 Å². The van der Waals surface area contributed by atoms with Gasteiger partial charge in [-0.05, 0) is 58.3 Å². The molecule has 1 aromatic carbocycles. The summed E-state index contributed by atoms with van der Waals surface area (Å²) in [5.74, 6) is 0. The SMILES string of the molecule is Brc1ccc(N2Cc3ccsc3-c3sccc3C2)cc1. The molecule has 0 atom stereocenters. The first-order chi connectivity index (χ1) is 9.81. The Morgan fingerprint density at radius 1 is 0.800 bits per heavy atom. The van der Waals surface area contributed by atoms with Crippen molar-refractivity contribution in [2.24, 2.45) is 0 Å². The normalized spacial score (nSPS) is 13.8. The summed E-state index contributed by atoms with van der Waals surface area (Å²) < 4.78 is 1.13. The van der Waals surface area contributed by atoms with Crippen LogP contribution in [0.1, 0.15) is 11.1 Å². The summed E-state index contributed by atoms with van der Waals surface area (Å²) in [6.45, 7) is 1.98. The van der Waals surface area contributed by atoms with Crippen LogP contribution in [0.2, 0.25) is 0 Å². The van der Waals surface area contributed by atoms with E-state index in [2.05, 4.69) is 68.0 Å². The van der Waals surface area contributed by atoms with Crippen LogP contribution in [0.25, 0.3) is 9.75 Å². The molecule has 1 nitrogen and oxygen atoms in total. The molecule has 0 bridgehead atoms. The molecule has 0 amide bonds. The summed E-state index contributed by atoms with van der Waals surface area (Å²) in [7, 11) is 0. The second-order valence-electron chi connectivity index (χ2n) is 4.88. The molecule has 0 saturated heterocycles. The first-order valence-corrected chi connectivity index (χ1v) is 9.00. The number of fused-ring (bicyclic) bond motifs is 3. The van der Waals surface area contributed by atoms with Gasteiger partial charge in [-0.3, -0.25) is 0 Å². The van der Waals surface area contributed by atoms with E-state index in [1.807, 2.05) is 22.7 Å². The Morgan fingerprint density at radius 3 is 1.90 bits per heavy atom. The van der Waals surface area contributed by atoms with E-state index in [1.54, 1.807) is 0 Å². The highest BCUT2D eigenvalue weighted by atomic mass is 79.9. The van der Waals surface area contributed by atoms with E-state index in [9.17, 15) is 0 Å². The number of rotatable bonds is 1. The Bertz CT molecular complexity index is 700. The third-order valence-electron chi connectivity index (χ3n) is 3.61. The molecule has 0 unspecified atom stereocenters. The lowest BCUT2D eigenvalue weighted by Gasteiger charge is -2.23. The monoisotopic (exact) mass is 361 g/mol. The van der Waals surface area contributed by atoms with Crippen molar-refractivity contribution >= 4 is 44.3 Å². The molecule has 1 aliphatic heterocycles. The van der Waals surface area contributed by atoms with E-state index in [-0.39, 0.29) is 0 Å². The van der Waals surface area contributed by atoms with Crippen LogP contribution in [0.15, 0.2) is 51.6 Å². The summed E-state index contributed by atoms with van der Waals surface area (Å²) in [5.41, 5.74) is 4.17. The van der Waals surface area contributed by atoms with E-state index in [0.717, 1.165) is 17.6 Å². The van der Waals surface area contributed by atoms with Crippen molar-refractivity contribution in [3.8, 4) is 9.75 Å². The van der Waals surface area contributed by atoms with E-state index in [4.69, 9.17) is 0 Å². The van der Waals surface area contributed by atoms with Gasteiger partial charge in [-0.25, -0.2) is 0 Å². The minimum atomic E-state index is 0.988. The molecule has 100 valence electrons. The molecule has 1 aliphatic rings. The van der Waals surface area contributed by atoms with Gasteiger partial charge in [-0.2, -0.15) is 0 Å². The topological polar surface area (TPSA) is 3.24 Å².